The van der Waals surface area contributed by atoms with E-state index >= 15 is 0 Å². The monoisotopic (exact) mass is 350 g/mol. The molecule has 1 heterocycles. The zero-order valence-electron chi connectivity index (χ0n) is 12.8. The third kappa shape index (κ3) is 4.97. The van der Waals surface area contributed by atoms with Crippen molar-refractivity contribution in [2.45, 2.75) is 18.8 Å². The lowest BCUT2D eigenvalue weighted by atomic mass is 9.89. The van der Waals surface area contributed by atoms with Crippen LogP contribution in [-0.4, -0.2) is 49.4 Å². The first-order chi connectivity index (χ1) is 10.1. The van der Waals surface area contributed by atoms with Crippen molar-refractivity contribution in [1.82, 2.24) is 9.80 Å². The number of nitrogens with zero attached hydrogens (tertiary/aromatic N) is 2. The van der Waals surface area contributed by atoms with Crippen LogP contribution in [0.4, 0.5) is 0 Å². The van der Waals surface area contributed by atoms with E-state index in [1.807, 2.05) is 30.0 Å². The molecule has 1 aliphatic heterocycles. The van der Waals surface area contributed by atoms with Crippen molar-refractivity contribution in [2.24, 2.45) is 0 Å². The van der Waals surface area contributed by atoms with Gasteiger partial charge in [0.25, 0.3) is 0 Å². The number of amides is 1. The molecule has 2 rings (SSSR count). The third-order valence-electron chi connectivity index (χ3n) is 3.88. The second-order valence-corrected chi connectivity index (χ2v) is 6.73. The summed E-state index contributed by atoms with van der Waals surface area (Å²) in [6.45, 7) is 2.51. The van der Waals surface area contributed by atoms with E-state index in [9.17, 15) is 4.79 Å². The van der Waals surface area contributed by atoms with E-state index in [0.29, 0.717) is 5.92 Å². The predicted molar refractivity (Wildman–Crippen MR) is 90.4 cm³/mol. The second kappa shape index (κ2) is 7.76. The molecule has 0 atom stereocenters. The molecule has 1 saturated heterocycles. The van der Waals surface area contributed by atoms with Gasteiger partial charge in [0.05, 0.1) is 0 Å². The molecule has 0 aromatic heterocycles. The van der Waals surface area contributed by atoms with Crippen LogP contribution >= 0.6 is 15.9 Å². The Morgan fingerprint density at radius 1 is 1.29 bits per heavy atom. The predicted octanol–water partition coefficient (Wildman–Crippen LogP) is 3.27. The molecule has 0 radical (unpaired) electrons. The maximum atomic E-state index is 12.1. The molecule has 1 amide bonds. The molecule has 3 nitrogen and oxygen atoms in total. The van der Waals surface area contributed by atoms with Gasteiger partial charge >= 0.3 is 0 Å². The number of hydrogen-bond acceptors (Lipinski definition) is 2. The highest BCUT2D eigenvalue weighted by atomic mass is 79.9. The molecule has 1 aliphatic rings. The van der Waals surface area contributed by atoms with E-state index in [1.54, 1.807) is 6.08 Å². The van der Waals surface area contributed by atoms with Gasteiger partial charge in [0.15, 0.2) is 0 Å². The number of carbonyl (C=O) groups is 1. The third-order valence-corrected chi connectivity index (χ3v) is 4.41. The Hall–Kier alpha value is -1.13. The smallest absolute Gasteiger partial charge is 0.246 e. The van der Waals surface area contributed by atoms with Crippen molar-refractivity contribution < 1.29 is 4.79 Å². The minimum absolute atomic E-state index is 0.145. The van der Waals surface area contributed by atoms with E-state index in [-0.39, 0.29) is 5.91 Å². The Morgan fingerprint density at radius 3 is 2.48 bits per heavy atom. The summed E-state index contributed by atoms with van der Waals surface area (Å²) in [5, 5.41) is 0. The summed E-state index contributed by atoms with van der Waals surface area (Å²) in [5.41, 5.74) is 1.38. The number of carbonyl (C=O) groups excluding carboxylic acids is 1. The Morgan fingerprint density at radius 2 is 1.90 bits per heavy atom. The maximum absolute atomic E-state index is 12.1. The largest absolute Gasteiger partial charge is 0.339 e. The number of likely N-dealkylation sites (N-methyl/N-ethyl adjacent to an activating group) is 1. The molecule has 0 N–H and O–H groups in total. The van der Waals surface area contributed by atoms with Crippen LogP contribution in [-0.2, 0) is 4.79 Å². The van der Waals surface area contributed by atoms with Crippen LogP contribution in [0, 0.1) is 0 Å². The van der Waals surface area contributed by atoms with Gasteiger partial charge in [0.2, 0.25) is 5.91 Å². The van der Waals surface area contributed by atoms with E-state index < -0.39 is 0 Å². The molecule has 1 fully saturated rings. The molecule has 0 saturated carbocycles. The first kappa shape index (κ1) is 16.2. The number of hydrogen-bond donors (Lipinski definition) is 0. The number of likely N-dealkylation sites (tertiary alicyclic amines) is 1. The average molecular weight is 351 g/mol. The van der Waals surface area contributed by atoms with Crippen molar-refractivity contribution in [3.05, 3.63) is 46.5 Å². The van der Waals surface area contributed by atoms with Crippen LogP contribution in [0.2, 0.25) is 0 Å². The summed E-state index contributed by atoms with van der Waals surface area (Å²) in [7, 11) is 4.00. The molecule has 1 aromatic carbocycles. The zero-order chi connectivity index (χ0) is 15.2. The molecule has 1 aromatic rings. The number of rotatable bonds is 4. The lowest BCUT2D eigenvalue weighted by Gasteiger charge is -2.31. The van der Waals surface area contributed by atoms with Crippen molar-refractivity contribution in [2.75, 3.05) is 33.7 Å². The number of benzene rings is 1. The summed E-state index contributed by atoms with van der Waals surface area (Å²) in [5.74, 6) is 0.721. The molecule has 0 bridgehead atoms. The standard InChI is InChI=1S/C17H23BrN2O/c1-19(2)11-3-4-17(21)20-12-9-15(10-13-20)14-5-7-16(18)8-6-14/h3-8,15H,9-13H2,1-2H3/b4-3+. The van der Waals surface area contributed by atoms with Crippen molar-refractivity contribution in [3.8, 4) is 0 Å². The van der Waals surface area contributed by atoms with Gasteiger partial charge in [-0.3, -0.25) is 4.79 Å². The molecule has 114 valence electrons. The summed E-state index contributed by atoms with van der Waals surface area (Å²) in [6.07, 6.45) is 5.74. The Balaban J connectivity index is 1.84. The Bertz CT molecular complexity index is 488. The number of piperidine rings is 1. The van der Waals surface area contributed by atoms with Gasteiger partial charge in [-0.05, 0) is 50.6 Å². The molecule has 0 spiro atoms. The van der Waals surface area contributed by atoms with Crippen molar-refractivity contribution in [1.29, 1.82) is 0 Å². The minimum atomic E-state index is 0.145. The second-order valence-electron chi connectivity index (χ2n) is 5.82. The topological polar surface area (TPSA) is 23.6 Å². The van der Waals surface area contributed by atoms with E-state index in [4.69, 9.17) is 0 Å². The quantitative estimate of drug-likeness (QED) is 0.778. The summed E-state index contributed by atoms with van der Waals surface area (Å²) in [6, 6.07) is 8.56. The fourth-order valence-electron chi connectivity index (χ4n) is 2.64. The zero-order valence-corrected chi connectivity index (χ0v) is 14.3. The Labute approximate surface area is 135 Å². The normalized spacial score (nSPS) is 16.9. The Kier molecular flexibility index (Phi) is 6.00. The van der Waals surface area contributed by atoms with Crippen LogP contribution < -0.4 is 0 Å². The molecule has 21 heavy (non-hydrogen) atoms. The van der Waals surface area contributed by atoms with Crippen LogP contribution in [0.1, 0.15) is 24.3 Å². The highest BCUT2D eigenvalue weighted by Crippen LogP contribution is 2.28. The highest BCUT2D eigenvalue weighted by molar-refractivity contribution is 9.10. The van der Waals surface area contributed by atoms with Gasteiger partial charge < -0.3 is 9.80 Å². The lowest BCUT2D eigenvalue weighted by Crippen LogP contribution is -2.37. The molecular weight excluding hydrogens is 328 g/mol. The van der Waals surface area contributed by atoms with Gasteiger partial charge in [-0.2, -0.15) is 0 Å². The molecule has 0 unspecified atom stereocenters. The molecular formula is C17H23BrN2O. The van der Waals surface area contributed by atoms with E-state index in [0.717, 1.165) is 36.9 Å². The van der Waals surface area contributed by atoms with Gasteiger partial charge in [-0.25, -0.2) is 0 Å². The summed E-state index contributed by atoms with van der Waals surface area (Å²) < 4.78 is 1.12. The van der Waals surface area contributed by atoms with Crippen LogP contribution in [0.5, 0.6) is 0 Å². The van der Waals surface area contributed by atoms with E-state index in [1.165, 1.54) is 5.56 Å². The fourth-order valence-corrected chi connectivity index (χ4v) is 2.90. The van der Waals surface area contributed by atoms with Crippen LogP contribution in [0.3, 0.4) is 0 Å². The van der Waals surface area contributed by atoms with Gasteiger partial charge in [-0.1, -0.05) is 34.1 Å². The minimum Gasteiger partial charge on any atom is -0.339 e. The SMILES string of the molecule is CN(C)C/C=C/C(=O)N1CCC(c2ccc(Br)cc2)CC1. The lowest BCUT2D eigenvalue weighted by molar-refractivity contribution is -0.127. The average Bonchev–Trinajstić information content (AvgIpc) is 2.48. The first-order valence-corrected chi connectivity index (χ1v) is 8.21. The van der Waals surface area contributed by atoms with Gasteiger partial charge in [0, 0.05) is 30.2 Å². The van der Waals surface area contributed by atoms with Crippen LogP contribution in [0.25, 0.3) is 0 Å². The summed E-state index contributed by atoms with van der Waals surface area (Å²) >= 11 is 3.47. The van der Waals surface area contributed by atoms with Crippen LogP contribution in [0.15, 0.2) is 40.9 Å². The van der Waals surface area contributed by atoms with Crippen molar-refractivity contribution in [3.63, 3.8) is 0 Å². The summed E-state index contributed by atoms with van der Waals surface area (Å²) in [4.78, 5) is 16.1. The molecule has 4 heteroatoms. The first-order valence-electron chi connectivity index (χ1n) is 7.42. The van der Waals surface area contributed by atoms with E-state index in [2.05, 4.69) is 40.2 Å². The number of halogens is 1. The maximum Gasteiger partial charge on any atom is 0.246 e. The van der Waals surface area contributed by atoms with Gasteiger partial charge in [0.1, 0.15) is 0 Å². The van der Waals surface area contributed by atoms with Crippen molar-refractivity contribution >= 4 is 21.8 Å². The molecule has 0 aliphatic carbocycles. The van der Waals surface area contributed by atoms with Gasteiger partial charge in [-0.15, -0.1) is 0 Å². The fraction of sp³-hybridized carbons (Fsp3) is 0.471. The highest BCUT2D eigenvalue weighted by Gasteiger charge is 2.22.